The summed E-state index contributed by atoms with van der Waals surface area (Å²) in [6.07, 6.45) is -1.79. The SMILES string of the molecule is Cc1ccc(C2O[C@H](COCc3ccccc3)[C@@H](OCc3ccccc3)[C@H](OCc3ccccc3)[C@H]2OCc2ccccc2)cc1Cc1ccc(O)cc1. The molecule has 0 bridgehead atoms. The number of ether oxygens (including phenoxy) is 5. The summed E-state index contributed by atoms with van der Waals surface area (Å²) in [5.41, 5.74) is 8.72. The summed E-state index contributed by atoms with van der Waals surface area (Å²) in [7, 11) is 0. The number of hydrogen-bond donors (Lipinski definition) is 1. The Hall–Kier alpha value is -5.08. The standard InChI is InChI=1S/C48H48O6/c1-35-22-25-41(29-42(35)28-36-23-26-43(49)27-24-36)45-47(52-32-39-18-10-4-11-19-39)48(53-33-40-20-12-5-13-21-40)46(51-31-38-16-8-3-9-17-38)44(54-45)34-50-30-37-14-6-2-7-15-37/h2-27,29,44-49H,28,30-34H2,1H3/t44-,45?,46-,47+,48+/m1/s1. The van der Waals surface area contributed by atoms with Gasteiger partial charge in [0.15, 0.2) is 0 Å². The van der Waals surface area contributed by atoms with Crippen LogP contribution in [0.4, 0.5) is 0 Å². The van der Waals surface area contributed by atoms with Gasteiger partial charge in [0.25, 0.3) is 0 Å². The fraction of sp³-hybridized carbons (Fsp3) is 0.250. The zero-order valence-corrected chi connectivity index (χ0v) is 30.7. The van der Waals surface area contributed by atoms with E-state index in [2.05, 4.69) is 73.7 Å². The molecule has 0 aromatic heterocycles. The molecule has 0 aliphatic carbocycles. The lowest BCUT2D eigenvalue weighted by Gasteiger charge is -2.46. The Balaban J connectivity index is 1.26. The number of hydrogen-bond acceptors (Lipinski definition) is 6. The lowest BCUT2D eigenvalue weighted by Crippen LogP contribution is -2.58. The van der Waals surface area contributed by atoms with Crippen molar-refractivity contribution in [3.05, 3.63) is 208 Å². The second kappa shape index (κ2) is 18.8. The van der Waals surface area contributed by atoms with Gasteiger partial charge in [0.2, 0.25) is 0 Å². The maximum atomic E-state index is 9.91. The zero-order chi connectivity index (χ0) is 37.0. The minimum absolute atomic E-state index is 0.254. The molecule has 7 rings (SSSR count). The van der Waals surface area contributed by atoms with E-state index >= 15 is 0 Å². The molecule has 6 heteroatoms. The number of phenols is 1. The lowest BCUT2D eigenvalue weighted by molar-refractivity contribution is -0.275. The molecule has 6 aromatic carbocycles. The number of phenolic OH excluding ortho intramolecular Hbond substituents is 1. The third-order valence-corrected chi connectivity index (χ3v) is 9.92. The van der Waals surface area contributed by atoms with Crippen LogP contribution < -0.4 is 0 Å². The first-order valence-corrected chi connectivity index (χ1v) is 18.7. The van der Waals surface area contributed by atoms with Crippen molar-refractivity contribution in [3.63, 3.8) is 0 Å². The summed E-state index contributed by atoms with van der Waals surface area (Å²) in [6.45, 7) is 4.02. The molecule has 1 fully saturated rings. The third kappa shape index (κ3) is 10.1. The van der Waals surface area contributed by atoms with Gasteiger partial charge in [-0.15, -0.1) is 0 Å². The molecule has 0 spiro atoms. The van der Waals surface area contributed by atoms with E-state index in [0.717, 1.165) is 33.4 Å². The van der Waals surface area contributed by atoms with Crippen LogP contribution in [0.1, 0.15) is 50.6 Å². The number of benzene rings is 6. The fourth-order valence-corrected chi connectivity index (χ4v) is 6.95. The molecule has 54 heavy (non-hydrogen) atoms. The van der Waals surface area contributed by atoms with Crippen LogP contribution in [0.2, 0.25) is 0 Å². The number of aryl methyl sites for hydroxylation is 1. The van der Waals surface area contributed by atoms with E-state index in [9.17, 15) is 5.11 Å². The molecule has 1 aliphatic heterocycles. The highest BCUT2D eigenvalue weighted by Crippen LogP contribution is 2.39. The second-order valence-corrected chi connectivity index (χ2v) is 13.9. The smallest absolute Gasteiger partial charge is 0.117 e. The molecule has 0 saturated carbocycles. The molecule has 1 N–H and O–H groups in total. The van der Waals surface area contributed by atoms with E-state index in [-0.39, 0.29) is 5.75 Å². The quantitative estimate of drug-likeness (QED) is 0.107. The molecule has 0 radical (unpaired) electrons. The van der Waals surface area contributed by atoms with E-state index in [1.807, 2.05) is 84.9 Å². The lowest BCUT2D eigenvalue weighted by atomic mass is 9.88. The van der Waals surface area contributed by atoms with Gasteiger partial charge in [0.05, 0.1) is 33.0 Å². The van der Waals surface area contributed by atoms with Gasteiger partial charge in [-0.05, 0) is 70.0 Å². The number of rotatable bonds is 16. The maximum Gasteiger partial charge on any atom is 0.117 e. The monoisotopic (exact) mass is 720 g/mol. The molecular formula is C48H48O6. The Bertz CT molecular complexity index is 1990. The predicted octanol–water partition coefficient (Wildman–Crippen LogP) is 9.70. The van der Waals surface area contributed by atoms with Gasteiger partial charge in [-0.2, -0.15) is 0 Å². The molecule has 0 amide bonds. The van der Waals surface area contributed by atoms with E-state index in [1.165, 1.54) is 11.1 Å². The molecule has 1 heterocycles. The molecule has 1 unspecified atom stereocenters. The van der Waals surface area contributed by atoms with Crippen LogP contribution >= 0.6 is 0 Å². The first kappa shape index (κ1) is 37.2. The Labute approximate surface area is 318 Å². The topological polar surface area (TPSA) is 66.4 Å². The normalized spacial score (nSPS) is 19.8. The van der Waals surface area contributed by atoms with Crippen molar-refractivity contribution in [2.45, 2.75) is 70.3 Å². The van der Waals surface area contributed by atoms with Crippen LogP contribution in [0.3, 0.4) is 0 Å². The van der Waals surface area contributed by atoms with Crippen LogP contribution in [0.5, 0.6) is 5.75 Å². The maximum absolute atomic E-state index is 9.91. The van der Waals surface area contributed by atoms with Crippen molar-refractivity contribution in [2.75, 3.05) is 6.61 Å². The second-order valence-electron chi connectivity index (χ2n) is 13.9. The minimum Gasteiger partial charge on any atom is -0.508 e. The largest absolute Gasteiger partial charge is 0.508 e. The van der Waals surface area contributed by atoms with Crippen LogP contribution in [0.25, 0.3) is 0 Å². The number of aromatic hydroxyl groups is 1. The predicted molar refractivity (Wildman–Crippen MR) is 211 cm³/mol. The van der Waals surface area contributed by atoms with E-state index in [4.69, 9.17) is 23.7 Å². The molecule has 276 valence electrons. The summed E-state index contributed by atoms with van der Waals surface area (Å²) in [4.78, 5) is 0. The molecular weight excluding hydrogens is 673 g/mol. The molecule has 6 aromatic rings. The zero-order valence-electron chi connectivity index (χ0n) is 30.7. The molecule has 1 aliphatic rings. The summed E-state index contributed by atoms with van der Waals surface area (Å²) in [6, 6.07) is 54.7. The first-order valence-electron chi connectivity index (χ1n) is 18.7. The van der Waals surface area contributed by atoms with Gasteiger partial charge >= 0.3 is 0 Å². The van der Waals surface area contributed by atoms with Gasteiger partial charge in [-0.25, -0.2) is 0 Å². The van der Waals surface area contributed by atoms with Crippen molar-refractivity contribution < 1.29 is 28.8 Å². The van der Waals surface area contributed by atoms with Gasteiger partial charge < -0.3 is 28.8 Å². The van der Waals surface area contributed by atoms with Gasteiger partial charge in [-0.1, -0.05) is 152 Å². The fourth-order valence-electron chi connectivity index (χ4n) is 6.95. The summed E-state index contributed by atoms with van der Waals surface area (Å²) in [5, 5.41) is 9.91. The van der Waals surface area contributed by atoms with E-state index in [1.54, 1.807) is 12.1 Å². The highest BCUT2D eigenvalue weighted by Gasteiger charge is 2.49. The van der Waals surface area contributed by atoms with Crippen LogP contribution in [0, 0.1) is 6.92 Å². The highest BCUT2D eigenvalue weighted by molar-refractivity contribution is 5.38. The van der Waals surface area contributed by atoms with Crippen LogP contribution in [-0.2, 0) is 56.5 Å². The molecule has 6 nitrogen and oxygen atoms in total. The van der Waals surface area contributed by atoms with Gasteiger partial charge in [0, 0.05) is 0 Å². The average molecular weight is 721 g/mol. The van der Waals surface area contributed by atoms with Crippen molar-refractivity contribution in [1.82, 2.24) is 0 Å². The molecule has 5 atom stereocenters. The molecule has 1 saturated heterocycles. The Morgan fingerprint density at radius 3 is 1.52 bits per heavy atom. The Morgan fingerprint density at radius 2 is 0.981 bits per heavy atom. The van der Waals surface area contributed by atoms with Crippen molar-refractivity contribution in [1.29, 1.82) is 0 Å². The highest BCUT2D eigenvalue weighted by atomic mass is 16.6. The third-order valence-electron chi connectivity index (χ3n) is 9.92. The van der Waals surface area contributed by atoms with E-state index in [0.29, 0.717) is 39.5 Å². The Kier molecular flexibility index (Phi) is 13.0. The Morgan fingerprint density at radius 1 is 0.500 bits per heavy atom. The first-order chi connectivity index (χ1) is 26.6. The van der Waals surface area contributed by atoms with Crippen LogP contribution in [0.15, 0.2) is 164 Å². The van der Waals surface area contributed by atoms with Gasteiger partial charge in [-0.3, -0.25) is 0 Å². The van der Waals surface area contributed by atoms with Crippen LogP contribution in [-0.4, -0.2) is 36.1 Å². The van der Waals surface area contributed by atoms with Crippen molar-refractivity contribution >= 4 is 0 Å². The summed E-state index contributed by atoms with van der Waals surface area (Å²) >= 11 is 0. The van der Waals surface area contributed by atoms with Crippen molar-refractivity contribution in [3.8, 4) is 5.75 Å². The van der Waals surface area contributed by atoms with Crippen molar-refractivity contribution in [2.24, 2.45) is 0 Å². The summed E-state index contributed by atoms with van der Waals surface area (Å²) in [5.74, 6) is 0.254. The minimum atomic E-state index is -0.524. The summed E-state index contributed by atoms with van der Waals surface area (Å²) < 4.78 is 34.3. The van der Waals surface area contributed by atoms with Gasteiger partial charge in [0.1, 0.15) is 36.3 Å². The van der Waals surface area contributed by atoms with E-state index < -0.39 is 30.5 Å². The average Bonchev–Trinajstić information content (AvgIpc) is 3.22.